The van der Waals surface area contributed by atoms with Crippen LogP contribution >= 0.6 is 0 Å². The summed E-state index contributed by atoms with van der Waals surface area (Å²) in [4.78, 5) is 0. The first-order chi connectivity index (χ1) is 12.3. The van der Waals surface area contributed by atoms with Gasteiger partial charge in [-0.25, -0.2) is 0 Å². The molecule has 0 unspecified atom stereocenters. The zero-order valence-electron chi connectivity index (χ0n) is 17.9. The largest absolute Gasteiger partial charge is 0.382 e. The van der Waals surface area contributed by atoms with E-state index in [1.165, 1.54) is 6.21 Å². The van der Waals surface area contributed by atoms with Crippen molar-refractivity contribution in [3.05, 3.63) is 0 Å². The highest BCUT2D eigenvalue weighted by Gasteiger charge is 2.37. The Morgan fingerprint density at radius 2 is 2.00 bits per heavy atom. The van der Waals surface area contributed by atoms with Gasteiger partial charge in [0.05, 0.1) is 31.0 Å². The van der Waals surface area contributed by atoms with Crippen LogP contribution in [0.4, 0.5) is 0 Å². The van der Waals surface area contributed by atoms with E-state index in [1.807, 2.05) is 0 Å². The lowest BCUT2D eigenvalue weighted by Crippen LogP contribution is -2.46. The Labute approximate surface area is 160 Å². The van der Waals surface area contributed by atoms with Gasteiger partial charge in [0.25, 0.3) is 0 Å². The van der Waals surface area contributed by atoms with Gasteiger partial charge in [-0.2, -0.15) is 0 Å². The molecule has 1 heterocycles. The van der Waals surface area contributed by atoms with Crippen molar-refractivity contribution in [2.24, 2.45) is 17.3 Å². The lowest BCUT2D eigenvalue weighted by Gasteiger charge is -2.40. The number of ether oxygens (including phenoxy) is 4. The van der Waals surface area contributed by atoms with E-state index in [0.717, 1.165) is 25.7 Å². The maximum Gasteiger partial charge on any atom is 0.0860 e. The summed E-state index contributed by atoms with van der Waals surface area (Å²) in [5, 5.41) is 7.51. The first-order valence-corrected chi connectivity index (χ1v) is 10.1. The van der Waals surface area contributed by atoms with Crippen LogP contribution in [0.15, 0.2) is 0 Å². The van der Waals surface area contributed by atoms with Crippen molar-refractivity contribution in [2.45, 2.75) is 84.7 Å². The van der Waals surface area contributed by atoms with Gasteiger partial charge in [0.15, 0.2) is 0 Å². The zero-order valence-corrected chi connectivity index (χ0v) is 17.9. The average molecular weight is 372 g/mol. The molecule has 1 saturated heterocycles. The fourth-order valence-electron chi connectivity index (χ4n) is 4.48. The summed E-state index contributed by atoms with van der Waals surface area (Å²) >= 11 is 0. The summed E-state index contributed by atoms with van der Waals surface area (Å²) in [5.74, 6) is 0.840. The number of methoxy groups -OCH3 is 2. The predicted octanol–water partition coefficient (Wildman–Crippen LogP) is 4.33. The first-order valence-electron chi connectivity index (χ1n) is 10.1. The minimum atomic E-state index is -0.00216. The van der Waals surface area contributed by atoms with Crippen LogP contribution in [0, 0.1) is 22.7 Å². The highest BCUT2D eigenvalue weighted by Crippen LogP contribution is 2.36. The Bertz CT molecular complexity index is 393. The standard InChI is InChI=1S/C21H41NO4/c1-8-21(5,10-11-22)20(24-7)15(2)9-12-25-19-16(3)13-18(14-23-6)26-17(19)4/h11,15-20,22H,8-10,12-14H2,1-7H3/t15-,16+,17+,18+,19-,20-,21+/m1/s1. The minimum absolute atomic E-state index is 0.00216. The van der Waals surface area contributed by atoms with Crippen molar-refractivity contribution in [1.82, 2.24) is 0 Å². The van der Waals surface area contributed by atoms with Gasteiger partial charge in [0.1, 0.15) is 0 Å². The van der Waals surface area contributed by atoms with Gasteiger partial charge in [0, 0.05) is 20.8 Å². The molecule has 1 aliphatic rings. The Hall–Kier alpha value is -0.490. The molecule has 0 radical (unpaired) electrons. The van der Waals surface area contributed by atoms with Crippen molar-refractivity contribution < 1.29 is 18.9 Å². The number of nitrogens with one attached hydrogen (secondary N) is 1. The Morgan fingerprint density at radius 1 is 1.31 bits per heavy atom. The average Bonchev–Trinajstić information content (AvgIpc) is 2.58. The fourth-order valence-corrected chi connectivity index (χ4v) is 4.48. The van der Waals surface area contributed by atoms with Crippen LogP contribution in [0.1, 0.15) is 60.3 Å². The van der Waals surface area contributed by atoms with E-state index in [2.05, 4.69) is 34.6 Å². The third-order valence-corrected chi connectivity index (χ3v) is 6.14. The van der Waals surface area contributed by atoms with Gasteiger partial charge in [-0.15, -0.1) is 0 Å². The highest BCUT2D eigenvalue weighted by atomic mass is 16.6. The molecule has 0 bridgehead atoms. The molecular weight excluding hydrogens is 330 g/mol. The molecule has 1 aliphatic heterocycles. The van der Waals surface area contributed by atoms with Gasteiger partial charge >= 0.3 is 0 Å². The SMILES string of the molecule is CC[C@@](C)(CC=N)[C@H](OC)[C@H](C)CCO[C@H]1[C@H](C)O[C@H](COC)C[C@@H]1C. The lowest BCUT2D eigenvalue weighted by atomic mass is 9.73. The first kappa shape index (κ1) is 23.5. The monoisotopic (exact) mass is 371 g/mol. The van der Waals surface area contributed by atoms with Crippen molar-refractivity contribution >= 4 is 6.21 Å². The minimum Gasteiger partial charge on any atom is -0.382 e. The maximum absolute atomic E-state index is 7.51. The zero-order chi connectivity index (χ0) is 19.7. The molecule has 0 saturated carbocycles. The number of hydrogen-bond donors (Lipinski definition) is 1. The molecule has 7 atom stereocenters. The molecule has 1 fully saturated rings. The Balaban J connectivity index is 2.54. The topological polar surface area (TPSA) is 60.8 Å². The van der Waals surface area contributed by atoms with Gasteiger partial charge in [-0.05, 0) is 56.1 Å². The van der Waals surface area contributed by atoms with E-state index in [1.54, 1.807) is 14.2 Å². The van der Waals surface area contributed by atoms with Crippen LogP contribution in [-0.2, 0) is 18.9 Å². The van der Waals surface area contributed by atoms with Gasteiger partial charge < -0.3 is 24.4 Å². The third-order valence-electron chi connectivity index (χ3n) is 6.14. The van der Waals surface area contributed by atoms with Crippen molar-refractivity contribution in [2.75, 3.05) is 27.4 Å². The van der Waals surface area contributed by atoms with E-state index in [0.29, 0.717) is 25.0 Å². The number of hydrogen-bond acceptors (Lipinski definition) is 5. The molecule has 0 spiro atoms. The van der Waals surface area contributed by atoms with Gasteiger partial charge in [-0.3, -0.25) is 0 Å². The summed E-state index contributed by atoms with van der Waals surface area (Å²) in [6, 6.07) is 0. The smallest absolute Gasteiger partial charge is 0.0860 e. The second-order valence-electron chi connectivity index (χ2n) is 8.31. The van der Waals surface area contributed by atoms with Crippen LogP contribution < -0.4 is 0 Å². The fraction of sp³-hybridized carbons (Fsp3) is 0.952. The molecule has 5 nitrogen and oxygen atoms in total. The normalized spacial score (nSPS) is 31.2. The summed E-state index contributed by atoms with van der Waals surface area (Å²) in [6.45, 7) is 12.3. The maximum atomic E-state index is 7.51. The summed E-state index contributed by atoms with van der Waals surface area (Å²) in [5.41, 5.74) is -0.00216. The molecule has 0 aliphatic carbocycles. The van der Waals surface area contributed by atoms with Crippen LogP contribution in [0.25, 0.3) is 0 Å². The second kappa shape index (κ2) is 11.4. The molecule has 1 N–H and O–H groups in total. The lowest BCUT2D eigenvalue weighted by molar-refractivity contribution is -0.169. The highest BCUT2D eigenvalue weighted by molar-refractivity contribution is 5.54. The van der Waals surface area contributed by atoms with E-state index >= 15 is 0 Å². The molecule has 0 amide bonds. The quantitative estimate of drug-likeness (QED) is 0.519. The van der Waals surface area contributed by atoms with E-state index in [9.17, 15) is 0 Å². The van der Waals surface area contributed by atoms with Crippen LogP contribution in [0.3, 0.4) is 0 Å². The Morgan fingerprint density at radius 3 is 2.50 bits per heavy atom. The molecule has 1 rings (SSSR count). The van der Waals surface area contributed by atoms with Crippen molar-refractivity contribution in [1.29, 1.82) is 5.41 Å². The third kappa shape index (κ3) is 6.29. The molecule has 154 valence electrons. The summed E-state index contributed by atoms with van der Waals surface area (Å²) < 4.78 is 23.4. The molecule has 0 aromatic carbocycles. The summed E-state index contributed by atoms with van der Waals surface area (Å²) in [7, 11) is 3.51. The molecule has 0 aromatic rings. The van der Waals surface area contributed by atoms with Crippen molar-refractivity contribution in [3.63, 3.8) is 0 Å². The molecule has 26 heavy (non-hydrogen) atoms. The molecule has 5 heteroatoms. The van der Waals surface area contributed by atoms with Gasteiger partial charge in [-0.1, -0.05) is 27.7 Å². The molecule has 0 aromatic heterocycles. The molecular formula is C21H41NO4. The van der Waals surface area contributed by atoms with E-state index in [4.69, 9.17) is 24.4 Å². The van der Waals surface area contributed by atoms with Crippen LogP contribution in [0.5, 0.6) is 0 Å². The summed E-state index contributed by atoms with van der Waals surface area (Å²) in [6.07, 6.45) is 5.71. The van der Waals surface area contributed by atoms with E-state index in [-0.39, 0.29) is 29.8 Å². The van der Waals surface area contributed by atoms with Crippen LogP contribution in [-0.4, -0.2) is 58.1 Å². The van der Waals surface area contributed by atoms with E-state index < -0.39 is 0 Å². The Kier molecular flexibility index (Phi) is 10.3. The van der Waals surface area contributed by atoms with Gasteiger partial charge in [0.2, 0.25) is 0 Å². The second-order valence-corrected chi connectivity index (χ2v) is 8.31. The number of rotatable bonds is 12. The van der Waals surface area contributed by atoms with Crippen LogP contribution in [0.2, 0.25) is 0 Å². The predicted molar refractivity (Wildman–Crippen MR) is 106 cm³/mol. The van der Waals surface area contributed by atoms with Crippen molar-refractivity contribution in [3.8, 4) is 0 Å².